The first-order chi connectivity index (χ1) is 9.39. The van der Waals surface area contributed by atoms with Crippen LogP contribution in [0.2, 0.25) is 0 Å². The minimum atomic E-state index is -0.338. The summed E-state index contributed by atoms with van der Waals surface area (Å²) in [6, 6.07) is 5.25. The maximum Gasteiger partial charge on any atom is 0.283 e. The quantitative estimate of drug-likeness (QED) is 0.603. The van der Waals surface area contributed by atoms with Crippen LogP contribution in [0.5, 0.6) is 0 Å². The van der Waals surface area contributed by atoms with E-state index in [1.54, 1.807) is 6.07 Å². The normalized spacial score (nSPS) is 19.6. The standard InChI is InChI=1S/C14H19BrN2O2S/c1-14(2)6-7-16(8-9-20-14)10-11-4-3-5-12(13(11)15)17(18)19/h3-5H,6-10H2,1-2H3. The van der Waals surface area contributed by atoms with Gasteiger partial charge < -0.3 is 0 Å². The van der Waals surface area contributed by atoms with Crippen molar-refractivity contribution < 1.29 is 4.92 Å². The maximum absolute atomic E-state index is 11.0. The first kappa shape index (κ1) is 15.8. The zero-order chi connectivity index (χ0) is 14.8. The first-order valence-electron chi connectivity index (χ1n) is 6.67. The Labute approximate surface area is 132 Å². The van der Waals surface area contributed by atoms with Gasteiger partial charge in [0.25, 0.3) is 5.69 Å². The second-order valence-electron chi connectivity index (χ2n) is 5.64. The van der Waals surface area contributed by atoms with Gasteiger partial charge in [-0.25, -0.2) is 0 Å². The van der Waals surface area contributed by atoms with Gasteiger partial charge in [-0.2, -0.15) is 11.8 Å². The van der Waals surface area contributed by atoms with Gasteiger partial charge in [0.2, 0.25) is 0 Å². The highest BCUT2D eigenvalue weighted by atomic mass is 79.9. The number of hydrogen-bond acceptors (Lipinski definition) is 4. The van der Waals surface area contributed by atoms with E-state index in [0.717, 1.165) is 37.4 Å². The van der Waals surface area contributed by atoms with Gasteiger partial charge >= 0.3 is 0 Å². The summed E-state index contributed by atoms with van der Waals surface area (Å²) in [7, 11) is 0. The van der Waals surface area contributed by atoms with E-state index in [4.69, 9.17) is 0 Å². The fourth-order valence-corrected chi connectivity index (χ4v) is 3.96. The van der Waals surface area contributed by atoms with Gasteiger partial charge in [0.15, 0.2) is 0 Å². The Morgan fingerprint density at radius 1 is 1.45 bits per heavy atom. The number of hydrogen-bond donors (Lipinski definition) is 0. The number of nitro groups is 1. The van der Waals surface area contributed by atoms with Crippen molar-refractivity contribution in [1.29, 1.82) is 0 Å². The molecule has 0 aromatic heterocycles. The fraction of sp³-hybridized carbons (Fsp3) is 0.571. The molecule has 0 atom stereocenters. The molecule has 1 aromatic carbocycles. The molecule has 0 spiro atoms. The van der Waals surface area contributed by atoms with Crippen molar-refractivity contribution in [3.8, 4) is 0 Å². The summed E-state index contributed by atoms with van der Waals surface area (Å²) in [5.41, 5.74) is 1.14. The largest absolute Gasteiger partial charge is 0.298 e. The van der Waals surface area contributed by atoms with Crippen LogP contribution in [0.1, 0.15) is 25.8 Å². The number of rotatable bonds is 3. The molecule has 0 radical (unpaired) electrons. The SMILES string of the molecule is CC1(C)CCN(Cc2cccc([N+](=O)[O-])c2Br)CCS1. The number of thioether (sulfide) groups is 1. The third-order valence-corrected chi connectivity index (χ3v) is 5.87. The Bertz CT molecular complexity index is 508. The highest BCUT2D eigenvalue weighted by Gasteiger charge is 2.24. The lowest BCUT2D eigenvalue weighted by Crippen LogP contribution is -2.27. The van der Waals surface area contributed by atoms with E-state index >= 15 is 0 Å². The van der Waals surface area contributed by atoms with E-state index < -0.39 is 0 Å². The lowest BCUT2D eigenvalue weighted by molar-refractivity contribution is -0.385. The van der Waals surface area contributed by atoms with Gasteiger partial charge in [-0.3, -0.25) is 15.0 Å². The Kier molecular flexibility index (Phi) is 5.09. The van der Waals surface area contributed by atoms with E-state index in [2.05, 4.69) is 34.7 Å². The molecule has 0 aliphatic carbocycles. The van der Waals surface area contributed by atoms with Gasteiger partial charge in [0.1, 0.15) is 0 Å². The highest BCUT2D eigenvalue weighted by molar-refractivity contribution is 9.10. The van der Waals surface area contributed by atoms with Crippen molar-refractivity contribution >= 4 is 33.4 Å². The van der Waals surface area contributed by atoms with E-state index in [-0.39, 0.29) is 10.6 Å². The number of halogens is 1. The summed E-state index contributed by atoms with van der Waals surface area (Å²) in [5, 5.41) is 11.0. The molecule has 20 heavy (non-hydrogen) atoms. The number of benzene rings is 1. The molecular weight excluding hydrogens is 340 g/mol. The van der Waals surface area contributed by atoms with Crippen LogP contribution in [-0.2, 0) is 6.54 Å². The molecule has 0 amide bonds. The molecule has 1 aliphatic rings. The van der Waals surface area contributed by atoms with Crippen molar-refractivity contribution in [2.75, 3.05) is 18.8 Å². The molecule has 1 aromatic rings. The second kappa shape index (κ2) is 6.45. The summed E-state index contributed by atoms with van der Waals surface area (Å²) in [6.45, 7) is 7.39. The minimum Gasteiger partial charge on any atom is -0.298 e. The lowest BCUT2D eigenvalue weighted by Gasteiger charge is -2.22. The minimum absolute atomic E-state index is 0.145. The molecule has 0 unspecified atom stereocenters. The summed E-state index contributed by atoms with van der Waals surface area (Å²) >= 11 is 5.38. The van der Waals surface area contributed by atoms with Crippen molar-refractivity contribution in [1.82, 2.24) is 4.90 Å². The Hall–Kier alpha value is -0.590. The monoisotopic (exact) mass is 358 g/mol. The number of nitrogens with zero attached hydrogens (tertiary/aromatic N) is 2. The maximum atomic E-state index is 11.0. The van der Waals surface area contributed by atoms with Crippen LogP contribution in [-0.4, -0.2) is 33.4 Å². The van der Waals surface area contributed by atoms with E-state index in [1.165, 1.54) is 6.07 Å². The molecule has 1 heterocycles. The third-order valence-electron chi connectivity index (χ3n) is 3.58. The predicted octanol–water partition coefficient (Wildman–Crippen LogP) is 4.07. The Balaban J connectivity index is 2.10. The van der Waals surface area contributed by atoms with Crippen LogP contribution in [0, 0.1) is 10.1 Å². The highest BCUT2D eigenvalue weighted by Crippen LogP contribution is 2.33. The average Bonchev–Trinajstić information content (AvgIpc) is 2.53. The fourth-order valence-electron chi connectivity index (χ4n) is 2.29. The van der Waals surface area contributed by atoms with Crippen molar-refractivity contribution in [2.24, 2.45) is 0 Å². The van der Waals surface area contributed by atoms with Gasteiger partial charge in [0, 0.05) is 29.7 Å². The molecule has 0 N–H and O–H groups in total. The van der Waals surface area contributed by atoms with Crippen molar-refractivity contribution in [2.45, 2.75) is 31.6 Å². The van der Waals surface area contributed by atoms with Crippen molar-refractivity contribution in [3.63, 3.8) is 0 Å². The molecule has 6 heteroatoms. The summed E-state index contributed by atoms with van der Waals surface area (Å²) < 4.78 is 0.940. The zero-order valence-electron chi connectivity index (χ0n) is 11.8. The van der Waals surface area contributed by atoms with Crippen molar-refractivity contribution in [3.05, 3.63) is 38.3 Å². The van der Waals surface area contributed by atoms with Crippen LogP contribution in [0.3, 0.4) is 0 Å². The smallest absolute Gasteiger partial charge is 0.283 e. The molecule has 1 fully saturated rings. The summed E-state index contributed by atoms with van der Waals surface area (Å²) in [4.78, 5) is 13.0. The lowest BCUT2D eigenvalue weighted by atomic mass is 10.1. The summed E-state index contributed by atoms with van der Waals surface area (Å²) in [5.74, 6) is 1.11. The number of nitro benzene ring substituents is 1. The van der Waals surface area contributed by atoms with Crippen LogP contribution in [0.15, 0.2) is 22.7 Å². The molecule has 0 saturated carbocycles. The first-order valence-corrected chi connectivity index (χ1v) is 8.45. The van der Waals surface area contributed by atoms with Crippen LogP contribution >= 0.6 is 27.7 Å². The summed E-state index contributed by atoms with van der Waals surface area (Å²) in [6.07, 6.45) is 1.14. The average molecular weight is 359 g/mol. The van der Waals surface area contributed by atoms with Gasteiger partial charge in [-0.15, -0.1) is 0 Å². The van der Waals surface area contributed by atoms with E-state index in [9.17, 15) is 10.1 Å². The molecular formula is C14H19BrN2O2S. The van der Waals surface area contributed by atoms with E-state index in [0.29, 0.717) is 9.22 Å². The topological polar surface area (TPSA) is 46.4 Å². The van der Waals surface area contributed by atoms with Crippen LogP contribution in [0.4, 0.5) is 5.69 Å². The van der Waals surface area contributed by atoms with E-state index in [1.807, 2.05) is 17.8 Å². The third kappa shape index (κ3) is 3.96. The van der Waals surface area contributed by atoms with Crippen LogP contribution < -0.4 is 0 Å². The molecule has 2 rings (SSSR count). The molecule has 110 valence electrons. The molecule has 1 saturated heterocycles. The molecule has 0 bridgehead atoms. The van der Waals surface area contributed by atoms with Gasteiger partial charge in [-0.1, -0.05) is 26.0 Å². The second-order valence-corrected chi connectivity index (χ2v) is 8.24. The Morgan fingerprint density at radius 3 is 2.90 bits per heavy atom. The Morgan fingerprint density at radius 2 is 2.20 bits per heavy atom. The van der Waals surface area contributed by atoms with Gasteiger partial charge in [0.05, 0.1) is 9.40 Å². The zero-order valence-corrected chi connectivity index (χ0v) is 14.2. The van der Waals surface area contributed by atoms with Crippen LogP contribution in [0.25, 0.3) is 0 Å². The predicted molar refractivity (Wildman–Crippen MR) is 87.2 cm³/mol. The molecule has 1 aliphatic heterocycles. The van der Waals surface area contributed by atoms with Gasteiger partial charge in [-0.05, 0) is 34.5 Å². The molecule has 4 nitrogen and oxygen atoms in total.